The van der Waals surface area contributed by atoms with Gasteiger partial charge < -0.3 is 20.5 Å². The first-order chi connectivity index (χ1) is 7.63. The highest BCUT2D eigenvalue weighted by Gasteiger charge is 2.27. The second-order valence-electron chi connectivity index (χ2n) is 3.48. The number of hydrogen-bond donors (Lipinski definition) is 3. The van der Waals surface area contributed by atoms with Gasteiger partial charge in [-0.2, -0.15) is 0 Å². The molecule has 0 aromatic heterocycles. The van der Waals surface area contributed by atoms with Gasteiger partial charge in [0.25, 0.3) is 5.24 Å². The molecule has 1 aliphatic rings. The van der Waals surface area contributed by atoms with Gasteiger partial charge in [0.05, 0.1) is 12.7 Å². The third-order valence-electron chi connectivity index (χ3n) is 2.13. The smallest absolute Gasteiger partial charge is 0.279 e. The van der Waals surface area contributed by atoms with Crippen molar-refractivity contribution in [3.05, 3.63) is 0 Å². The van der Waals surface area contributed by atoms with Crippen molar-refractivity contribution < 1.29 is 19.4 Å². The summed E-state index contributed by atoms with van der Waals surface area (Å²) < 4.78 is 4.75. The average molecular weight is 248 g/mol. The maximum atomic E-state index is 11.5. The van der Waals surface area contributed by atoms with Crippen LogP contribution in [0.25, 0.3) is 0 Å². The molecular formula is C9H16N2O4S. The number of carbonyl (C=O) groups excluding carboxylic acids is 2. The van der Waals surface area contributed by atoms with Crippen molar-refractivity contribution in [3.8, 4) is 0 Å². The number of amides is 2. The van der Waals surface area contributed by atoms with Gasteiger partial charge in [-0.15, -0.1) is 0 Å². The third-order valence-corrected chi connectivity index (χ3v) is 3.01. The zero-order chi connectivity index (χ0) is 12.0. The summed E-state index contributed by atoms with van der Waals surface area (Å²) in [6, 6.07) is -0.447. The fraction of sp³-hybridized carbons (Fsp3) is 0.778. The van der Waals surface area contributed by atoms with Crippen LogP contribution in [0.1, 0.15) is 6.42 Å². The van der Waals surface area contributed by atoms with Crippen molar-refractivity contribution >= 4 is 22.9 Å². The van der Waals surface area contributed by atoms with Crippen LogP contribution in [0.4, 0.5) is 4.79 Å². The van der Waals surface area contributed by atoms with Gasteiger partial charge in [0, 0.05) is 19.4 Å². The number of carbonyl (C=O) groups is 2. The Bertz CT molecular complexity index is 262. The van der Waals surface area contributed by atoms with E-state index in [0.29, 0.717) is 18.7 Å². The Morgan fingerprint density at radius 1 is 1.81 bits per heavy atom. The summed E-state index contributed by atoms with van der Waals surface area (Å²) in [5.74, 6) is 0.258. The second-order valence-corrected chi connectivity index (χ2v) is 4.48. The summed E-state index contributed by atoms with van der Waals surface area (Å²) >= 11 is 1.10. The van der Waals surface area contributed by atoms with E-state index in [1.54, 1.807) is 0 Å². The molecule has 0 saturated carbocycles. The summed E-state index contributed by atoms with van der Waals surface area (Å²) in [6.45, 7) is 0.631. The van der Waals surface area contributed by atoms with E-state index in [2.05, 4.69) is 10.6 Å². The van der Waals surface area contributed by atoms with Crippen LogP contribution in [0.3, 0.4) is 0 Å². The summed E-state index contributed by atoms with van der Waals surface area (Å²) in [6.07, 6.45) is -0.134. The molecule has 1 aliphatic heterocycles. The maximum absolute atomic E-state index is 11.5. The standard InChI is InChI=1S/C9H16N2O4S/c1-15-4-6(12)2-3-10-8(13)7-5-16-9(14)11-7/h6-7,12H,2-5H2,1H3,(H,10,13)(H,11,14). The Kier molecular flexibility index (Phi) is 5.58. The molecule has 16 heavy (non-hydrogen) atoms. The molecule has 0 radical (unpaired) electrons. The van der Waals surface area contributed by atoms with Crippen molar-refractivity contribution in [1.82, 2.24) is 10.6 Å². The SMILES string of the molecule is COCC(O)CCNC(=O)C1CSC(=O)N1. The Labute approximate surface area is 98.1 Å². The highest BCUT2D eigenvalue weighted by Crippen LogP contribution is 2.12. The molecule has 6 nitrogen and oxygen atoms in total. The lowest BCUT2D eigenvalue weighted by Crippen LogP contribution is -2.43. The number of hydrogen-bond acceptors (Lipinski definition) is 5. The van der Waals surface area contributed by atoms with Crippen LogP contribution in [-0.4, -0.2) is 54.4 Å². The molecule has 0 aliphatic carbocycles. The van der Waals surface area contributed by atoms with Crippen LogP contribution in [0, 0.1) is 0 Å². The van der Waals surface area contributed by atoms with E-state index in [1.807, 2.05) is 0 Å². The summed E-state index contributed by atoms with van der Waals surface area (Å²) in [5.41, 5.74) is 0. The van der Waals surface area contributed by atoms with Gasteiger partial charge in [-0.1, -0.05) is 11.8 Å². The van der Waals surface area contributed by atoms with Crippen molar-refractivity contribution in [2.45, 2.75) is 18.6 Å². The van der Waals surface area contributed by atoms with Gasteiger partial charge in [-0.05, 0) is 6.42 Å². The fourth-order valence-corrected chi connectivity index (χ4v) is 2.07. The van der Waals surface area contributed by atoms with E-state index in [-0.39, 0.29) is 17.8 Å². The molecule has 3 N–H and O–H groups in total. The van der Waals surface area contributed by atoms with Gasteiger partial charge in [0.15, 0.2) is 0 Å². The molecule has 1 rings (SSSR count). The maximum Gasteiger partial charge on any atom is 0.279 e. The van der Waals surface area contributed by atoms with E-state index in [4.69, 9.17) is 4.74 Å². The zero-order valence-electron chi connectivity index (χ0n) is 9.06. The summed E-state index contributed by atoms with van der Waals surface area (Å²) in [4.78, 5) is 22.3. The molecule has 0 bridgehead atoms. The Hall–Kier alpha value is -0.790. The number of ether oxygens (including phenoxy) is 1. The van der Waals surface area contributed by atoms with Crippen LogP contribution in [0.2, 0.25) is 0 Å². The van der Waals surface area contributed by atoms with Crippen molar-refractivity contribution in [1.29, 1.82) is 0 Å². The number of nitrogens with one attached hydrogen (secondary N) is 2. The lowest BCUT2D eigenvalue weighted by Gasteiger charge is -2.12. The predicted octanol–water partition coefficient (Wildman–Crippen LogP) is -0.675. The minimum absolute atomic E-state index is 0.167. The molecule has 2 amide bonds. The largest absolute Gasteiger partial charge is 0.391 e. The molecule has 7 heteroatoms. The first-order valence-corrected chi connectivity index (χ1v) is 6.00. The Morgan fingerprint density at radius 2 is 2.56 bits per heavy atom. The highest BCUT2D eigenvalue weighted by atomic mass is 32.2. The van der Waals surface area contributed by atoms with Crippen LogP contribution < -0.4 is 10.6 Å². The monoisotopic (exact) mass is 248 g/mol. The van der Waals surface area contributed by atoms with Gasteiger partial charge in [-0.3, -0.25) is 9.59 Å². The topological polar surface area (TPSA) is 87.7 Å². The minimum atomic E-state index is -0.571. The van der Waals surface area contributed by atoms with E-state index in [0.717, 1.165) is 11.8 Å². The lowest BCUT2D eigenvalue weighted by atomic mass is 10.2. The normalized spacial score (nSPS) is 21.6. The number of methoxy groups -OCH3 is 1. The molecular weight excluding hydrogens is 232 g/mol. The minimum Gasteiger partial charge on any atom is -0.391 e. The first-order valence-electron chi connectivity index (χ1n) is 5.01. The van der Waals surface area contributed by atoms with Gasteiger partial charge in [0.1, 0.15) is 6.04 Å². The van der Waals surface area contributed by atoms with Crippen LogP contribution >= 0.6 is 11.8 Å². The second kappa shape index (κ2) is 6.72. The summed E-state index contributed by atoms with van der Waals surface area (Å²) in [7, 11) is 1.51. The number of rotatable bonds is 6. The summed E-state index contributed by atoms with van der Waals surface area (Å²) in [5, 5.41) is 14.3. The first kappa shape index (κ1) is 13.3. The van der Waals surface area contributed by atoms with Gasteiger partial charge in [-0.25, -0.2) is 0 Å². The fourth-order valence-electron chi connectivity index (χ4n) is 1.29. The number of aliphatic hydroxyl groups excluding tert-OH is 1. The van der Waals surface area contributed by atoms with E-state index < -0.39 is 12.1 Å². The molecule has 2 atom stereocenters. The number of aliphatic hydroxyl groups is 1. The Morgan fingerprint density at radius 3 is 3.12 bits per heavy atom. The molecule has 1 heterocycles. The van der Waals surface area contributed by atoms with Crippen LogP contribution in [0.5, 0.6) is 0 Å². The van der Waals surface area contributed by atoms with Crippen LogP contribution in [-0.2, 0) is 9.53 Å². The molecule has 92 valence electrons. The third kappa shape index (κ3) is 4.38. The van der Waals surface area contributed by atoms with Crippen molar-refractivity contribution in [3.63, 3.8) is 0 Å². The molecule has 0 aromatic carbocycles. The Balaban J connectivity index is 2.13. The van der Waals surface area contributed by atoms with E-state index in [9.17, 15) is 14.7 Å². The number of thioether (sulfide) groups is 1. The van der Waals surface area contributed by atoms with Crippen molar-refractivity contribution in [2.75, 3.05) is 26.0 Å². The van der Waals surface area contributed by atoms with Gasteiger partial charge >= 0.3 is 0 Å². The quantitative estimate of drug-likeness (QED) is 0.580. The molecule has 0 spiro atoms. The highest BCUT2D eigenvalue weighted by molar-refractivity contribution is 8.14. The molecule has 1 saturated heterocycles. The molecule has 2 unspecified atom stereocenters. The molecule has 0 aromatic rings. The van der Waals surface area contributed by atoms with E-state index in [1.165, 1.54) is 7.11 Å². The van der Waals surface area contributed by atoms with E-state index >= 15 is 0 Å². The lowest BCUT2D eigenvalue weighted by molar-refractivity contribution is -0.122. The van der Waals surface area contributed by atoms with Crippen molar-refractivity contribution in [2.24, 2.45) is 0 Å². The zero-order valence-corrected chi connectivity index (χ0v) is 9.88. The predicted molar refractivity (Wildman–Crippen MR) is 60.3 cm³/mol. The molecule has 1 fully saturated rings. The van der Waals surface area contributed by atoms with Crippen LogP contribution in [0.15, 0.2) is 0 Å². The average Bonchev–Trinajstić information content (AvgIpc) is 2.65. The van der Waals surface area contributed by atoms with Gasteiger partial charge in [0.2, 0.25) is 5.91 Å².